The molecule has 1 N–H and O–H groups in total. The lowest BCUT2D eigenvalue weighted by Gasteiger charge is -2.13. The number of amides is 3. The quantitative estimate of drug-likeness (QED) is 0.660. The first-order valence-electron chi connectivity index (χ1n) is 7.72. The molecule has 134 valence electrons. The molecule has 0 saturated carbocycles. The third-order valence-electron chi connectivity index (χ3n) is 3.91. The highest BCUT2D eigenvalue weighted by Crippen LogP contribution is 2.26. The molecule has 0 unspecified atom stereocenters. The lowest BCUT2D eigenvalue weighted by atomic mass is 10.1. The van der Waals surface area contributed by atoms with E-state index in [1.165, 1.54) is 12.1 Å². The van der Waals surface area contributed by atoms with E-state index in [-0.39, 0.29) is 25.4 Å². The number of halogens is 3. The van der Waals surface area contributed by atoms with Gasteiger partial charge in [-0.2, -0.15) is 0 Å². The van der Waals surface area contributed by atoms with Crippen LogP contribution in [0, 0.1) is 5.82 Å². The van der Waals surface area contributed by atoms with Gasteiger partial charge in [0.2, 0.25) is 5.91 Å². The SMILES string of the molecule is O=C(CCN1C(=O)c2ccc(Br)cc2C1=O)NCc1cc(F)cc(Br)c1. The lowest BCUT2D eigenvalue weighted by Crippen LogP contribution is -2.34. The van der Waals surface area contributed by atoms with Crippen molar-refractivity contribution in [2.75, 3.05) is 6.54 Å². The van der Waals surface area contributed by atoms with E-state index in [9.17, 15) is 18.8 Å². The highest BCUT2D eigenvalue weighted by atomic mass is 79.9. The largest absolute Gasteiger partial charge is 0.352 e. The van der Waals surface area contributed by atoms with Crippen molar-refractivity contribution in [3.05, 3.63) is 67.9 Å². The summed E-state index contributed by atoms with van der Waals surface area (Å²) in [5, 5.41) is 2.65. The van der Waals surface area contributed by atoms with E-state index in [2.05, 4.69) is 37.2 Å². The number of nitrogens with one attached hydrogen (secondary N) is 1. The summed E-state index contributed by atoms with van der Waals surface area (Å²) >= 11 is 6.46. The van der Waals surface area contributed by atoms with Crippen LogP contribution in [-0.2, 0) is 11.3 Å². The molecule has 26 heavy (non-hydrogen) atoms. The number of nitrogens with zero attached hydrogens (tertiary/aromatic N) is 1. The van der Waals surface area contributed by atoms with Gasteiger partial charge < -0.3 is 5.32 Å². The molecule has 0 aromatic heterocycles. The topological polar surface area (TPSA) is 66.5 Å². The molecule has 5 nitrogen and oxygen atoms in total. The van der Waals surface area contributed by atoms with Crippen molar-refractivity contribution in [1.82, 2.24) is 10.2 Å². The Hall–Kier alpha value is -2.06. The van der Waals surface area contributed by atoms with Crippen LogP contribution in [0.1, 0.15) is 32.7 Å². The van der Waals surface area contributed by atoms with Crippen LogP contribution < -0.4 is 5.32 Å². The molecule has 3 amide bonds. The summed E-state index contributed by atoms with van der Waals surface area (Å²) in [6, 6.07) is 9.22. The number of imide groups is 1. The summed E-state index contributed by atoms with van der Waals surface area (Å²) in [6.07, 6.45) is -0.0247. The van der Waals surface area contributed by atoms with E-state index in [4.69, 9.17) is 0 Å². The summed E-state index contributed by atoms with van der Waals surface area (Å²) in [4.78, 5) is 37.7. The zero-order chi connectivity index (χ0) is 18.8. The van der Waals surface area contributed by atoms with Gasteiger partial charge in [0, 0.05) is 28.5 Å². The molecule has 0 atom stereocenters. The van der Waals surface area contributed by atoms with Crippen molar-refractivity contribution in [3.8, 4) is 0 Å². The first-order valence-corrected chi connectivity index (χ1v) is 9.31. The van der Waals surface area contributed by atoms with Crippen LogP contribution in [0.15, 0.2) is 45.3 Å². The van der Waals surface area contributed by atoms with Gasteiger partial charge in [-0.05, 0) is 42.0 Å². The molecule has 2 aromatic carbocycles. The Morgan fingerprint density at radius 1 is 1.00 bits per heavy atom. The zero-order valence-corrected chi connectivity index (χ0v) is 16.6. The molecule has 1 aliphatic rings. The van der Waals surface area contributed by atoms with Crippen LogP contribution in [0.25, 0.3) is 0 Å². The van der Waals surface area contributed by atoms with E-state index in [1.54, 1.807) is 24.3 Å². The molecule has 1 heterocycles. The Bertz CT molecular complexity index is 897. The maximum atomic E-state index is 13.3. The standard InChI is InChI=1S/C18H13Br2FN2O3/c19-11-1-2-14-15(8-11)18(26)23(17(14)25)4-3-16(24)22-9-10-5-12(20)7-13(21)6-10/h1-2,5-8H,3-4,9H2,(H,22,24). The number of benzene rings is 2. The first kappa shape index (κ1) is 18.7. The molecular weight excluding hydrogens is 471 g/mol. The first-order chi connectivity index (χ1) is 12.3. The van der Waals surface area contributed by atoms with Crippen LogP contribution in [0.4, 0.5) is 4.39 Å². The molecule has 0 fully saturated rings. The lowest BCUT2D eigenvalue weighted by molar-refractivity contribution is -0.121. The fourth-order valence-electron chi connectivity index (χ4n) is 2.68. The summed E-state index contributed by atoms with van der Waals surface area (Å²) in [7, 11) is 0. The maximum absolute atomic E-state index is 13.3. The molecular formula is C18H13Br2FN2O3. The summed E-state index contributed by atoms with van der Waals surface area (Å²) in [5.74, 6) is -1.54. The molecule has 1 aliphatic heterocycles. The molecule has 0 spiro atoms. The van der Waals surface area contributed by atoms with Crippen molar-refractivity contribution in [2.24, 2.45) is 0 Å². The van der Waals surface area contributed by atoms with Gasteiger partial charge >= 0.3 is 0 Å². The van der Waals surface area contributed by atoms with E-state index < -0.39 is 17.6 Å². The van der Waals surface area contributed by atoms with E-state index in [0.717, 1.165) is 4.90 Å². The van der Waals surface area contributed by atoms with Gasteiger partial charge in [-0.1, -0.05) is 31.9 Å². The number of rotatable bonds is 5. The van der Waals surface area contributed by atoms with Crippen LogP contribution in [0.2, 0.25) is 0 Å². The van der Waals surface area contributed by atoms with Gasteiger partial charge in [0.05, 0.1) is 11.1 Å². The van der Waals surface area contributed by atoms with Crippen molar-refractivity contribution in [1.29, 1.82) is 0 Å². The predicted octanol–water partition coefficient (Wildman–Crippen LogP) is 3.65. The molecule has 0 saturated heterocycles. The Labute approximate surface area is 165 Å². The molecule has 0 aliphatic carbocycles. The number of carbonyl (C=O) groups excluding carboxylic acids is 3. The third-order valence-corrected chi connectivity index (χ3v) is 4.86. The normalized spacial score (nSPS) is 13.1. The fraction of sp³-hybridized carbons (Fsp3) is 0.167. The molecule has 0 bridgehead atoms. The molecule has 2 aromatic rings. The van der Waals surface area contributed by atoms with Gasteiger partial charge in [0.1, 0.15) is 5.82 Å². The van der Waals surface area contributed by atoms with Crippen LogP contribution in [-0.4, -0.2) is 29.2 Å². The number of hydrogen-bond donors (Lipinski definition) is 1. The Balaban J connectivity index is 1.57. The van der Waals surface area contributed by atoms with Crippen LogP contribution >= 0.6 is 31.9 Å². The van der Waals surface area contributed by atoms with Crippen LogP contribution in [0.3, 0.4) is 0 Å². The highest BCUT2D eigenvalue weighted by Gasteiger charge is 2.35. The molecule has 0 radical (unpaired) electrons. The zero-order valence-electron chi connectivity index (χ0n) is 13.4. The number of hydrogen-bond acceptors (Lipinski definition) is 3. The van der Waals surface area contributed by atoms with Crippen molar-refractivity contribution in [2.45, 2.75) is 13.0 Å². The van der Waals surface area contributed by atoms with Crippen molar-refractivity contribution < 1.29 is 18.8 Å². The van der Waals surface area contributed by atoms with E-state index in [0.29, 0.717) is 25.6 Å². The van der Waals surface area contributed by atoms with E-state index >= 15 is 0 Å². The third kappa shape index (κ3) is 4.02. The van der Waals surface area contributed by atoms with E-state index in [1.807, 2.05) is 0 Å². The van der Waals surface area contributed by atoms with Crippen LogP contribution in [0.5, 0.6) is 0 Å². The summed E-state index contributed by atoms with van der Waals surface area (Å²) in [5.41, 5.74) is 1.27. The smallest absolute Gasteiger partial charge is 0.261 e. The van der Waals surface area contributed by atoms with Gasteiger partial charge in [-0.3, -0.25) is 19.3 Å². The number of fused-ring (bicyclic) bond motifs is 1. The minimum absolute atomic E-state index is 0.0113. The second-order valence-corrected chi connectivity index (χ2v) is 7.59. The van der Waals surface area contributed by atoms with Crippen molar-refractivity contribution in [3.63, 3.8) is 0 Å². The monoisotopic (exact) mass is 482 g/mol. The van der Waals surface area contributed by atoms with Crippen molar-refractivity contribution >= 4 is 49.6 Å². The minimum atomic E-state index is -0.409. The van der Waals surface area contributed by atoms with Gasteiger partial charge in [-0.25, -0.2) is 4.39 Å². The van der Waals surface area contributed by atoms with Gasteiger partial charge in [0.15, 0.2) is 0 Å². The second-order valence-electron chi connectivity index (χ2n) is 5.76. The predicted molar refractivity (Wildman–Crippen MR) is 100 cm³/mol. The second kappa shape index (κ2) is 7.67. The Kier molecular flexibility index (Phi) is 5.52. The van der Waals surface area contributed by atoms with Gasteiger partial charge in [-0.15, -0.1) is 0 Å². The minimum Gasteiger partial charge on any atom is -0.352 e. The average molecular weight is 484 g/mol. The summed E-state index contributed by atoms with van der Waals surface area (Å²) in [6.45, 7) is 0.146. The highest BCUT2D eigenvalue weighted by molar-refractivity contribution is 9.10. The Morgan fingerprint density at radius 2 is 1.73 bits per heavy atom. The molecule has 3 rings (SSSR count). The Morgan fingerprint density at radius 3 is 2.46 bits per heavy atom. The summed E-state index contributed by atoms with van der Waals surface area (Å²) < 4.78 is 14.6. The number of carbonyl (C=O) groups is 3. The maximum Gasteiger partial charge on any atom is 0.261 e. The van der Waals surface area contributed by atoms with Gasteiger partial charge in [0.25, 0.3) is 11.8 Å². The average Bonchev–Trinajstić information content (AvgIpc) is 2.81. The molecule has 8 heteroatoms. The fourth-order valence-corrected chi connectivity index (χ4v) is 3.56.